The Morgan fingerprint density at radius 2 is 2.00 bits per heavy atom. The third-order valence-electron chi connectivity index (χ3n) is 5.82. The van der Waals surface area contributed by atoms with Crippen LogP contribution in [-0.4, -0.2) is 36.3 Å². The number of hydrogen-bond donors (Lipinski definition) is 1. The summed E-state index contributed by atoms with van der Waals surface area (Å²) in [6.45, 7) is 3.03. The normalized spacial score (nSPS) is 19.3. The van der Waals surface area contributed by atoms with Crippen LogP contribution in [0.3, 0.4) is 0 Å². The molecule has 2 heterocycles. The van der Waals surface area contributed by atoms with Crippen molar-refractivity contribution >= 4 is 38.5 Å². The monoisotopic (exact) mass is 505 g/mol. The van der Waals surface area contributed by atoms with E-state index in [-0.39, 0.29) is 27.5 Å². The maximum atomic E-state index is 15.4. The van der Waals surface area contributed by atoms with Crippen LogP contribution >= 0.6 is 15.9 Å². The van der Waals surface area contributed by atoms with Crippen molar-refractivity contribution < 1.29 is 27.1 Å². The SMILES string of the molecule is Cc1c(Br)c(F)c(N2CCC(CN)C2)c2cc(OC(=O)C(F)(F)F)c(=O)n(C3CC3)c12. The molecule has 2 N–H and O–H groups in total. The quantitative estimate of drug-likeness (QED) is 0.505. The number of ether oxygens (including phenoxy) is 1. The van der Waals surface area contributed by atoms with Gasteiger partial charge in [0.05, 0.1) is 15.7 Å². The van der Waals surface area contributed by atoms with Crippen LogP contribution in [0.4, 0.5) is 23.2 Å². The summed E-state index contributed by atoms with van der Waals surface area (Å²) in [7, 11) is 0. The highest BCUT2D eigenvalue weighted by atomic mass is 79.9. The number of carbonyl (C=O) groups excluding carboxylic acids is 1. The number of hydrogen-bond acceptors (Lipinski definition) is 5. The van der Waals surface area contributed by atoms with E-state index in [1.165, 1.54) is 4.57 Å². The minimum absolute atomic E-state index is 0.145. The Bertz CT molecular complexity index is 1130. The standard InChI is InChI=1S/C20H20BrF4N3O3/c1-9-14(21)15(22)17(27-5-4-10(7-26)8-27)12-6-13(31-19(30)20(23,24)25)18(29)28(16(9)12)11-2-3-11/h6,10-11H,2-5,7-8,26H2,1H3. The molecule has 1 aromatic heterocycles. The van der Waals surface area contributed by atoms with Crippen LogP contribution in [0.15, 0.2) is 15.3 Å². The lowest BCUT2D eigenvalue weighted by molar-refractivity contribution is -0.189. The van der Waals surface area contributed by atoms with Crippen molar-refractivity contribution in [1.29, 1.82) is 0 Å². The highest BCUT2D eigenvalue weighted by Gasteiger charge is 2.42. The summed E-state index contributed by atoms with van der Waals surface area (Å²) in [5.41, 5.74) is 5.92. The molecule has 2 aliphatic rings. The predicted molar refractivity (Wildman–Crippen MR) is 110 cm³/mol. The topological polar surface area (TPSA) is 77.6 Å². The molecule has 1 aromatic carbocycles. The Hall–Kier alpha value is -2.14. The second-order valence-electron chi connectivity index (χ2n) is 8.00. The average Bonchev–Trinajstić information content (AvgIpc) is 3.44. The van der Waals surface area contributed by atoms with Gasteiger partial charge in [-0.25, -0.2) is 9.18 Å². The molecule has 1 saturated carbocycles. The number of aromatic nitrogens is 1. The maximum Gasteiger partial charge on any atom is 0.491 e. The summed E-state index contributed by atoms with van der Waals surface area (Å²) in [4.78, 5) is 26.2. The zero-order valence-corrected chi connectivity index (χ0v) is 18.1. The third kappa shape index (κ3) is 3.82. The van der Waals surface area contributed by atoms with Crippen LogP contribution < -0.4 is 20.9 Å². The molecule has 6 nitrogen and oxygen atoms in total. The van der Waals surface area contributed by atoms with Crippen molar-refractivity contribution in [2.24, 2.45) is 11.7 Å². The van der Waals surface area contributed by atoms with Crippen LogP contribution in [0.1, 0.15) is 30.9 Å². The molecule has 0 radical (unpaired) electrons. The lowest BCUT2D eigenvalue weighted by atomic mass is 10.1. The second-order valence-corrected chi connectivity index (χ2v) is 8.80. The number of benzene rings is 1. The molecule has 2 aromatic rings. The summed E-state index contributed by atoms with van der Waals surface area (Å²) >= 11 is 3.27. The van der Waals surface area contributed by atoms with Crippen molar-refractivity contribution in [1.82, 2.24) is 4.57 Å². The Morgan fingerprint density at radius 3 is 2.55 bits per heavy atom. The molecule has 168 valence electrons. The molecule has 11 heteroatoms. The minimum Gasteiger partial charge on any atom is -0.414 e. The van der Waals surface area contributed by atoms with Gasteiger partial charge in [0.25, 0.3) is 5.56 Å². The highest BCUT2D eigenvalue weighted by molar-refractivity contribution is 9.10. The van der Waals surface area contributed by atoms with E-state index in [9.17, 15) is 22.8 Å². The van der Waals surface area contributed by atoms with Crippen molar-refractivity contribution in [3.05, 3.63) is 32.3 Å². The largest absolute Gasteiger partial charge is 0.491 e. The highest BCUT2D eigenvalue weighted by Crippen LogP contribution is 2.44. The van der Waals surface area contributed by atoms with Gasteiger partial charge in [-0.05, 0) is 66.2 Å². The van der Waals surface area contributed by atoms with Gasteiger partial charge in [0.15, 0.2) is 11.6 Å². The Balaban J connectivity index is 1.99. The first-order valence-electron chi connectivity index (χ1n) is 9.85. The number of fused-ring (bicyclic) bond motifs is 1. The Kier molecular flexibility index (Phi) is 5.53. The Morgan fingerprint density at radius 1 is 1.32 bits per heavy atom. The van der Waals surface area contributed by atoms with Gasteiger partial charge in [-0.2, -0.15) is 13.2 Å². The minimum atomic E-state index is -5.27. The summed E-state index contributed by atoms with van der Waals surface area (Å²) < 4.78 is 59.7. The number of esters is 1. The van der Waals surface area contributed by atoms with Crippen LogP contribution in [0.5, 0.6) is 5.75 Å². The lowest BCUT2D eigenvalue weighted by Crippen LogP contribution is -2.32. The van der Waals surface area contributed by atoms with Crippen molar-refractivity contribution in [2.45, 2.75) is 38.4 Å². The van der Waals surface area contributed by atoms with Crippen molar-refractivity contribution in [2.75, 3.05) is 24.5 Å². The van der Waals surface area contributed by atoms with Gasteiger partial charge in [0.2, 0.25) is 0 Å². The summed E-state index contributed by atoms with van der Waals surface area (Å²) in [6, 6.07) is 0.798. The molecule has 1 unspecified atom stereocenters. The molecule has 2 fully saturated rings. The van der Waals surface area contributed by atoms with Crippen molar-refractivity contribution in [3.8, 4) is 5.75 Å². The van der Waals surface area contributed by atoms with Gasteiger partial charge in [-0.3, -0.25) is 4.79 Å². The van der Waals surface area contributed by atoms with Gasteiger partial charge in [-0.15, -0.1) is 0 Å². The Labute approximate surface area is 183 Å². The van der Waals surface area contributed by atoms with Gasteiger partial charge < -0.3 is 19.9 Å². The number of carbonyl (C=O) groups is 1. The molecular formula is C20H20BrF4N3O3. The summed E-state index contributed by atoms with van der Waals surface area (Å²) in [5, 5.41) is 0.229. The lowest BCUT2D eigenvalue weighted by Gasteiger charge is -2.25. The van der Waals surface area contributed by atoms with Crippen LogP contribution in [0, 0.1) is 18.7 Å². The summed E-state index contributed by atoms with van der Waals surface area (Å²) in [5.74, 6) is -3.70. The molecule has 4 rings (SSSR count). The summed E-state index contributed by atoms with van der Waals surface area (Å²) in [6.07, 6.45) is -3.23. The van der Waals surface area contributed by atoms with E-state index >= 15 is 4.39 Å². The zero-order valence-electron chi connectivity index (χ0n) is 16.6. The first-order valence-corrected chi connectivity index (χ1v) is 10.6. The molecule has 31 heavy (non-hydrogen) atoms. The first-order chi connectivity index (χ1) is 14.5. The molecule has 0 spiro atoms. The smallest absolute Gasteiger partial charge is 0.414 e. The molecule has 1 saturated heterocycles. The van der Waals surface area contributed by atoms with E-state index in [1.54, 1.807) is 11.8 Å². The molecular weight excluding hydrogens is 486 g/mol. The maximum absolute atomic E-state index is 15.4. The van der Waals surface area contributed by atoms with E-state index in [1.807, 2.05) is 0 Å². The molecule has 0 bridgehead atoms. The van der Waals surface area contributed by atoms with E-state index in [2.05, 4.69) is 20.7 Å². The van der Waals surface area contributed by atoms with E-state index in [0.717, 1.165) is 12.5 Å². The van der Waals surface area contributed by atoms with Crippen molar-refractivity contribution in [3.63, 3.8) is 0 Å². The average molecular weight is 506 g/mol. The fourth-order valence-corrected chi connectivity index (χ4v) is 4.49. The molecule has 1 atom stereocenters. The van der Waals surface area contributed by atoms with E-state index < -0.39 is 29.3 Å². The van der Waals surface area contributed by atoms with E-state index in [4.69, 9.17) is 5.73 Å². The zero-order chi connectivity index (χ0) is 22.7. The van der Waals surface area contributed by atoms with Gasteiger partial charge in [-0.1, -0.05) is 0 Å². The fourth-order valence-electron chi connectivity index (χ4n) is 4.11. The number of nitrogens with zero attached hydrogens (tertiary/aromatic N) is 2. The number of nitrogens with two attached hydrogens (primary N) is 1. The molecule has 1 aliphatic carbocycles. The number of alkyl halides is 3. The van der Waals surface area contributed by atoms with Gasteiger partial charge >= 0.3 is 12.1 Å². The number of aryl methyl sites for hydroxylation is 1. The van der Waals surface area contributed by atoms with Gasteiger partial charge in [0.1, 0.15) is 0 Å². The van der Waals surface area contributed by atoms with Crippen LogP contribution in [0.25, 0.3) is 10.9 Å². The number of anilines is 1. The predicted octanol–water partition coefficient (Wildman–Crippen LogP) is 3.80. The number of rotatable bonds is 4. The number of halogens is 5. The first kappa shape index (κ1) is 22.1. The van der Waals surface area contributed by atoms with E-state index in [0.29, 0.717) is 43.6 Å². The fraction of sp³-hybridized carbons (Fsp3) is 0.500. The van der Waals surface area contributed by atoms with Crippen LogP contribution in [-0.2, 0) is 4.79 Å². The number of pyridine rings is 1. The second kappa shape index (κ2) is 7.77. The van der Waals surface area contributed by atoms with Crippen LogP contribution in [0.2, 0.25) is 0 Å². The third-order valence-corrected chi connectivity index (χ3v) is 6.77. The molecule has 0 amide bonds. The molecule has 1 aliphatic heterocycles. The van der Waals surface area contributed by atoms with Gasteiger partial charge in [0, 0.05) is 24.5 Å².